The molecule has 162 valence electrons. The van der Waals surface area contributed by atoms with Crippen molar-refractivity contribution in [2.45, 2.75) is 20.0 Å². The minimum atomic E-state index is -0.817. The van der Waals surface area contributed by atoms with Gasteiger partial charge in [-0.2, -0.15) is 0 Å². The molecule has 2 aromatic rings. The summed E-state index contributed by atoms with van der Waals surface area (Å²) in [4.78, 5) is 35.7. The van der Waals surface area contributed by atoms with Crippen LogP contribution in [0.15, 0.2) is 53.6 Å². The van der Waals surface area contributed by atoms with Crippen molar-refractivity contribution in [2.24, 2.45) is 5.10 Å². The number of nitro groups is 1. The second-order valence-corrected chi connectivity index (χ2v) is 7.01. The molecule has 0 aromatic heterocycles. The number of likely N-dealkylation sites (N-methyl/N-ethyl adjacent to an activating group) is 1. The Hall–Kier alpha value is -3.66. The van der Waals surface area contributed by atoms with Crippen molar-refractivity contribution in [3.05, 3.63) is 69.2 Å². The van der Waals surface area contributed by atoms with Crippen molar-refractivity contribution in [2.75, 3.05) is 18.7 Å². The predicted octanol–water partition coefficient (Wildman–Crippen LogP) is 3.34. The standard InChI is InChI=1S/C20H20ClN5O5/c1-4-31-20(28)18-22-24(16-11-7-15(21)8-12-16)19(25(13(2)27)23(18)3)14-5-9-17(10-6-14)26(29)30/h5-12,19H,4H2,1-3H3/t19-/m1/s1. The van der Waals surface area contributed by atoms with Crippen LogP contribution in [0.1, 0.15) is 25.6 Å². The molecule has 1 heterocycles. The Morgan fingerprint density at radius 1 is 1.16 bits per heavy atom. The van der Waals surface area contributed by atoms with Crippen molar-refractivity contribution >= 4 is 40.7 Å². The summed E-state index contributed by atoms with van der Waals surface area (Å²) in [6, 6.07) is 12.5. The van der Waals surface area contributed by atoms with Gasteiger partial charge < -0.3 is 4.74 Å². The van der Waals surface area contributed by atoms with E-state index in [1.165, 1.54) is 41.1 Å². The Kier molecular flexibility index (Phi) is 6.40. The van der Waals surface area contributed by atoms with E-state index < -0.39 is 17.1 Å². The Bertz CT molecular complexity index is 1030. The van der Waals surface area contributed by atoms with Crippen LogP contribution >= 0.6 is 11.6 Å². The fourth-order valence-electron chi connectivity index (χ4n) is 3.19. The van der Waals surface area contributed by atoms with Crippen molar-refractivity contribution in [3.63, 3.8) is 0 Å². The first kappa shape index (κ1) is 22.0. The number of hydrogen-bond acceptors (Lipinski definition) is 8. The number of benzene rings is 2. The largest absolute Gasteiger partial charge is 0.460 e. The highest BCUT2D eigenvalue weighted by Gasteiger charge is 2.40. The number of carbonyl (C=O) groups is 2. The highest BCUT2D eigenvalue weighted by Crippen LogP contribution is 2.36. The summed E-state index contributed by atoms with van der Waals surface area (Å²) < 4.78 is 5.09. The van der Waals surface area contributed by atoms with E-state index in [0.29, 0.717) is 16.3 Å². The van der Waals surface area contributed by atoms with Gasteiger partial charge in [-0.15, -0.1) is 5.10 Å². The third-order valence-corrected chi connectivity index (χ3v) is 4.82. The molecule has 0 radical (unpaired) electrons. The maximum Gasteiger partial charge on any atom is 0.377 e. The summed E-state index contributed by atoms with van der Waals surface area (Å²) in [6.45, 7) is 3.15. The first-order valence-electron chi connectivity index (χ1n) is 9.33. The molecule has 1 aliphatic rings. The summed E-state index contributed by atoms with van der Waals surface area (Å²) >= 11 is 6.01. The lowest BCUT2D eigenvalue weighted by atomic mass is 10.1. The number of amides is 1. The lowest BCUT2D eigenvalue weighted by molar-refractivity contribution is -0.384. The van der Waals surface area contributed by atoms with E-state index >= 15 is 0 Å². The van der Waals surface area contributed by atoms with Crippen molar-refractivity contribution in [1.29, 1.82) is 0 Å². The van der Waals surface area contributed by atoms with Crippen LogP contribution in [-0.2, 0) is 14.3 Å². The number of nitro benzene ring substituents is 1. The van der Waals surface area contributed by atoms with Gasteiger partial charge in [-0.25, -0.2) is 14.8 Å². The van der Waals surface area contributed by atoms with Crippen molar-refractivity contribution in [3.8, 4) is 0 Å². The molecule has 0 saturated heterocycles. The van der Waals surface area contributed by atoms with Crippen LogP contribution in [-0.4, -0.2) is 46.3 Å². The molecule has 1 amide bonds. The zero-order valence-electron chi connectivity index (χ0n) is 17.1. The molecule has 0 aliphatic carbocycles. The Balaban J connectivity index is 2.19. The van der Waals surface area contributed by atoms with Gasteiger partial charge in [-0.3, -0.25) is 19.9 Å². The highest BCUT2D eigenvalue weighted by atomic mass is 35.5. The normalized spacial score (nSPS) is 16.1. The van der Waals surface area contributed by atoms with Gasteiger partial charge >= 0.3 is 5.97 Å². The number of rotatable bonds is 5. The number of hydrogen-bond donors (Lipinski definition) is 0. The second-order valence-electron chi connectivity index (χ2n) is 6.57. The number of non-ortho nitro benzene ring substituents is 1. The zero-order chi connectivity index (χ0) is 22.7. The van der Waals surface area contributed by atoms with Gasteiger partial charge in [0.05, 0.1) is 17.2 Å². The van der Waals surface area contributed by atoms with Crippen LogP contribution in [0.25, 0.3) is 0 Å². The first-order chi connectivity index (χ1) is 14.7. The van der Waals surface area contributed by atoms with E-state index in [4.69, 9.17) is 16.3 Å². The predicted molar refractivity (Wildman–Crippen MR) is 114 cm³/mol. The van der Waals surface area contributed by atoms with E-state index in [1.807, 2.05) is 0 Å². The van der Waals surface area contributed by atoms with Crippen LogP contribution in [0, 0.1) is 10.1 Å². The van der Waals surface area contributed by atoms with E-state index in [2.05, 4.69) is 5.10 Å². The molecule has 10 nitrogen and oxygen atoms in total. The lowest BCUT2D eigenvalue weighted by Gasteiger charge is -2.46. The average Bonchev–Trinajstić information content (AvgIpc) is 2.74. The van der Waals surface area contributed by atoms with E-state index in [9.17, 15) is 19.7 Å². The van der Waals surface area contributed by atoms with Crippen molar-refractivity contribution < 1.29 is 19.2 Å². The average molecular weight is 446 g/mol. The molecule has 11 heteroatoms. The third-order valence-electron chi connectivity index (χ3n) is 4.57. The van der Waals surface area contributed by atoms with Gasteiger partial charge in [0.2, 0.25) is 5.91 Å². The number of nitrogens with zero attached hydrogens (tertiary/aromatic N) is 5. The van der Waals surface area contributed by atoms with E-state index in [-0.39, 0.29) is 24.0 Å². The Morgan fingerprint density at radius 3 is 2.29 bits per heavy atom. The quantitative estimate of drug-likeness (QED) is 0.394. The van der Waals surface area contributed by atoms with Crippen LogP contribution in [0.5, 0.6) is 0 Å². The monoisotopic (exact) mass is 445 g/mol. The molecule has 1 aliphatic heterocycles. The van der Waals surface area contributed by atoms with Crippen LogP contribution in [0.4, 0.5) is 11.4 Å². The zero-order valence-corrected chi connectivity index (χ0v) is 17.8. The van der Waals surface area contributed by atoms with E-state index in [1.54, 1.807) is 43.3 Å². The molecule has 0 bridgehead atoms. The van der Waals surface area contributed by atoms with Crippen LogP contribution in [0.2, 0.25) is 5.02 Å². The molecule has 3 rings (SSSR count). The Labute approximate surface area is 183 Å². The smallest absolute Gasteiger partial charge is 0.377 e. The maximum absolute atomic E-state index is 12.6. The second kappa shape index (κ2) is 9.00. The van der Waals surface area contributed by atoms with Crippen LogP contribution < -0.4 is 5.01 Å². The van der Waals surface area contributed by atoms with Gasteiger partial charge in [0.1, 0.15) is 0 Å². The van der Waals surface area contributed by atoms with Crippen molar-refractivity contribution in [1.82, 2.24) is 10.0 Å². The number of carbonyl (C=O) groups excluding carboxylic acids is 2. The fraction of sp³-hybridized carbons (Fsp3) is 0.250. The minimum absolute atomic E-state index is 0.0870. The molecular weight excluding hydrogens is 426 g/mol. The van der Waals surface area contributed by atoms with Gasteiger partial charge in [-0.05, 0) is 48.9 Å². The summed E-state index contributed by atoms with van der Waals surface area (Å²) in [6.07, 6.45) is -0.817. The number of esters is 1. The molecule has 0 fully saturated rings. The molecule has 31 heavy (non-hydrogen) atoms. The van der Waals surface area contributed by atoms with E-state index in [0.717, 1.165) is 0 Å². The minimum Gasteiger partial charge on any atom is -0.460 e. The summed E-state index contributed by atoms with van der Waals surface area (Å²) in [5.74, 6) is -1.16. The number of anilines is 1. The van der Waals surface area contributed by atoms with Gasteiger partial charge in [0.15, 0.2) is 6.17 Å². The van der Waals surface area contributed by atoms with Crippen LogP contribution in [0.3, 0.4) is 0 Å². The summed E-state index contributed by atoms with van der Waals surface area (Å²) in [5.41, 5.74) is 1.01. The van der Waals surface area contributed by atoms with Gasteiger partial charge in [-0.1, -0.05) is 11.6 Å². The SMILES string of the molecule is CCOC(=O)C1=NN(c2ccc(Cl)cc2)[C@@H](c2ccc([N+](=O)[O-])cc2)N(C(C)=O)N1C. The number of halogens is 1. The molecule has 0 unspecified atom stereocenters. The van der Waals surface area contributed by atoms with Gasteiger partial charge in [0, 0.05) is 31.1 Å². The fourth-order valence-corrected chi connectivity index (χ4v) is 3.31. The molecular formula is C20H20ClN5O5. The number of amidine groups is 1. The maximum atomic E-state index is 12.6. The number of hydrazone groups is 1. The molecule has 1 atom stereocenters. The van der Waals surface area contributed by atoms with Gasteiger partial charge in [0.25, 0.3) is 11.5 Å². The first-order valence-corrected chi connectivity index (χ1v) is 9.70. The molecule has 0 N–H and O–H groups in total. The lowest BCUT2D eigenvalue weighted by Crippen LogP contribution is -2.58. The molecule has 0 saturated carbocycles. The molecule has 2 aromatic carbocycles. The highest BCUT2D eigenvalue weighted by molar-refractivity contribution is 6.35. The number of hydrazine groups is 1. The summed E-state index contributed by atoms with van der Waals surface area (Å²) in [5, 5.41) is 20.1. The molecule has 0 spiro atoms. The third kappa shape index (κ3) is 4.43. The Morgan fingerprint density at radius 2 is 1.77 bits per heavy atom. The summed E-state index contributed by atoms with van der Waals surface area (Å²) in [7, 11) is 1.52. The number of ether oxygens (including phenoxy) is 1. The topological polar surface area (TPSA) is 109 Å².